The van der Waals surface area contributed by atoms with Crippen LogP contribution in [0, 0.1) is 6.92 Å². The van der Waals surface area contributed by atoms with Crippen molar-refractivity contribution in [3.63, 3.8) is 0 Å². The summed E-state index contributed by atoms with van der Waals surface area (Å²) < 4.78 is 7.11. The summed E-state index contributed by atoms with van der Waals surface area (Å²) in [5.41, 5.74) is 0.859. The van der Waals surface area contributed by atoms with E-state index < -0.39 is 6.04 Å². The molecule has 0 fully saturated rings. The zero-order valence-corrected chi connectivity index (χ0v) is 15.6. The summed E-state index contributed by atoms with van der Waals surface area (Å²) in [6.45, 7) is 4.18. The lowest BCUT2D eigenvalue weighted by atomic mass is 10.2. The maximum absolute atomic E-state index is 12.3. The number of rotatable bonds is 5. The van der Waals surface area contributed by atoms with Gasteiger partial charge in [0.2, 0.25) is 0 Å². The highest BCUT2D eigenvalue weighted by Crippen LogP contribution is 2.34. The first-order valence-electron chi connectivity index (χ1n) is 6.46. The van der Waals surface area contributed by atoms with E-state index in [-0.39, 0.29) is 5.97 Å². The van der Waals surface area contributed by atoms with Crippen LogP contribution in [0.15, 0.2) is 39.3 Å². The van der Waals surface area contributed by atoms with Crippen LogP contribution in [0.4, 0.5) is 5.69 Å². The van der Waals surface area contributed by atoms with Crippen molar-refractivity contribution in [2.75, 3.05) is 11.9 Å². The standard InChI is InChI=1S/C15H15Br2NO2S/c1-3-20-15(19)14(13-8-11(17)9(2)21-13)18-12-7-5-4-6-10(12)16/h4-8,14,18H,3H2,1-2H3. The van der Waals surface area contributed by atoms with E-state index in [9.17, 15) is 4.79 Å². The lowest BCUT2D eigenvalue weighted by molar-refractivity contribution is -0.144. The molecule has 21 heavy (non-hydrogen) atoms. The maximum Gasteiger partial charge on any atom is 0.334 e. The van der Waals surface area contributed by atoms with Crippen LogP contribution in [0.1, 0.15) is 22.7 Å². The number of benzene rings is 1. The largest absolute Gasteiger partial charge is 0.464 e. The highest BCUT2D eigenvalue weighted by molar-refractivity contribution is 9.11. The molecule has 2 rings (SSSR count). The van der Waals surface area contributed by atoms with Gasteiger partial charge in [-0.15, -0.1) is 11.3 Å². The number of ether oxygens (including phenoxy) is 1. The summed E-state index contributed by atoms with van der Waals surface area (Å²) in [5.74, 6) is -0.276. The van der Waals surface area contributed by atoms with Crippen molar-refractivity contribution in [1.29, 1.82) is 0 Å². The fourth-order valence-electron chi connectivity index (χ4n) is 1.83. The predicted octanol–water partition coefficient (Wildman–Crippen LogP) is 5.30. The highest BCUT2D eigenvalue weighted by Gasteiger charge is 2.25. The van der Waals surface area contributed by atoms with Crippen LogP contribution in [0.2, 0.25) is 0 Å². The number of para-hydroxylation sites is 1. The molecule has 6 heteroatoms. The van der Waals surface area contributed by atoms with E-state index in [1.165, 1.54) is 0 Å². The molecule has 0 bridgehead atoms. The molecule has 1 heterocycles. The third kappa shape index (κ3) is 4.08. The van der Waals surface area contributed by atoms with Gasteiger partial charge in [0.25, 0.3) is 0 Å². The number of halogens is 2. The van der Waals surface area contributed by atoms with Gasteiger partial charge >= 0.3 is 5.97 Å². The number of aryl methyl sites for hydroxylation is 1. The second-order valence-corrected chi connectivity index (χ2v) is 7.36. The fourth-order valence-corrected chi connectivity index (χ4v) is 3.83. The smallest absolute Gasteiger partial charge is 0.334 e. The predicted molar refractivity (Wildman–Crippen MR) is 93.9 cm³/mol. The van der Waals surface area contributed by atoms with Crippen molar-refractivity contribution in [1.82, 2.24) is 0 Å². The normalized spacial score (nSPS) is 12.0. The minimum absolute atomic E-state index is 0.276. The molecule has 112 valence electrons. The number of hydrogen-bond acceptors (Lipinski definition) is 4. The SMILES string of the molecule is CCOC(=O)C(Nc1ccccc1Br)c1cc(Br)c(C)s1. The van der Waals surface area contributed by atoms with Gasteiger partial charge in [-0.25, -0.2) is 4.79 Å². The second kappa shape index (κ2) is 7.42. The quantitative estimate of drug-likeness (QED) is 0.651. The maximum atomic E-state index is 12.3. The molecule has 1 aromatic heterocycles. The molecule has 1 unspecified atom stereocenters. The molecular weight excluding hydrogens is 418 g/mol. The monoisotopic (exact) mass is 431 g/mol. The van der Waals surface area contributed by atoms with Crippen molar-refractivity contribution in [3.05, 3.63) is 49.0 Å². The molecule has 0 aliphatic heterocycles. The Kier molecular flexibility index (Phi) is 5.84. The van der Waals surface area contributed by atoms with Gasteiger partial charge in [0.05, 0.1) is 6.61 Å². The van der Waals surface area contributed by atoms with Crippen molar-refractivity contribution in [3.8, 4) is 0 Å². The summed E-state index contributed by atoms with van der Waals surface area (Å²) in [5, 5.41) is 3.26. The summed E-state index contributed by atoms with van der Waals surface area (Å²) >= 11 is 8.55. The first-order valence-corrected chi connectivity index (χ1v) is 8.86. The summed E-state index contributed by atoms with van der Waals surface area (Å²) in [6.07, 6.45) is 0. The molecule has 0 aliphatic carbocycles. The van der Waals surface area contributed by atoms with E-state index in [0.717, 1.165) is 24.4 Å². The summed E-state index contributed by atoms with van der Waals surface area (Å²) in [4.78, 5) is 14.3. The van der Waals surface area contributed by atoms with Gasteiger partial charge in [-0.05, 0) is 63.9 Å². The Morgan fingerprint density at radius 2 is 2.05 bits per heavy atom. The van der Waals surface area contributed by atoms with Gasteiger partial charge in [-0.3, -0.25) is 0 Å². The molecule has 0 aliphatic rings. The van der Waals surface area contributed by atoms with Crippen LogP contribution < -0.4 is 5.32 Å². The minimum atomic E-state index is -0.515. The van der Waals surface area contributed by atoms with Gasteiger partial charge < -0.3 is 10.1 Å². The molecule has 1 N–H and O–H groups in total. The molecule has 0 radical (unpaired) electrons. The van der Waals surface area contributed by atoms with Crippen molar-refractivity contribution in [2.24, 2.45) is 0 Å². The Bertz CT molecular complexity index is 623. The van der Waals surface area contributed by atoms with E-state index in [2.05, 4.69) is 37.2 Å². The van der Waals surface area contributed by atoms with E-state index in [0.29, 0.717) is 6.61 Å². The van der Waals surface area contributed by atoms with Crippen LogP contribution in [0.5, 0.6) is 0 Å². The molecule has 1 atom stereocenters. The van der Waals surface area contributed by atoms with Gasteiger partial charge in [0.1, 0.15) is 0 Å². The molecule has 0 saturated heterocycles. The summed E-state index contributed by atoms with van der Waals surface area (Å²) in [7, 11) is 0. The zero-order chi connectivity index (χ0) is 15.4. The zero-order valence-electron chi connectivity index (χ0n) is 11.7. The van der Waals surface area contributed by atoms with Crippen LogP contribution in [-0.4, -0.2) is 12.6 Å². The number of hydrogen-bond donors (Lipinski definition) is 1. The second-order valence-electron chi connectivity index (χ2n) is 4.36. The van der Waals surface area contributed by atoms with Gasteiger partial charge in [0, 0.05) is 24.4 Å². The molecule has 1 aromatic carbocycles. The summed E-state index contributed by atoms with van der Waals surface area (Å²) in [6, 6.07) is 9.15. The number of anilines is 1. The number of nitrogens with one attached hydrogen (secondary N) is 1. The van der Waals surface area contributed by atoms with Crippen LogP contribution in [0.3, 0.4) is 0 Å². The Morgan fingerprint density at radius 3 is 2.62 bits per heavy atom. The fraction of sp³-hybridized carbons (Fsp3) is 0.267. The Morgan fingerprint density at radius 1 is 1.33 bits per heavy atom. The number of thiophene rings is 1. The topological polar surface area (TPSA) is 38.3 Å². The molecule has 2 aromatic rings. The Hall–Kier alpha value is -0.850. The number of esters is 1. The van der Waals surface area contributed by atoms with E-state index in [1.807, 2.05) is 44.2 Å². The van der Waals surface area contributed by atoms with Crippen LogP contribution in [-0.2, 0) is 9.53 Å². The van der Waals surface area contributed by atoms with Crippen LogP contribution in [0.25, 0.3) is 0 Å². The molecule has 3 nitrogen and oxygen atoms in total. The Labute approximate surface area is 145 Å². The lowest BCUT2D eigenvalue weighted by Gasteiger charge is -2.18. The highest BCUT2D eigenvalue weighted by atomic mass is 79.9. The average Bonchev–Trinajstić information content (AvgIpc) is 2.77. The first kappa shape index (κ1) is 16.5. The van der Waals surface area contributed by atoms with E-state index >= 15 is 0 Å². The van der Waals surface area contributed by atoms with Gasteiger partial charge in [-0.1, -0.05) is 12.1 Å². The van der Waals surface area contributed by atoms with Crippen LogP contribution >= 0.6 is 43.2 Å². The van der Waals surface area contributed by atoms with Gasteiger partial charge in [-0.2, -0.15) is 0 Å². The van der Waals surface area contributed by atoms with Crippen molar-refractivity contribution in [2.45, 2.75) is 19.9 Å². The van der Waals surface area contributed by atoms with E-state index in [1.54, 1.807) is 11.3 Å². The first-order chi connectivity index (χ1) is 10.0. The van der Waals surface area contributed by atoms with Crippen molar-refractivity contribution < 1.29 is 9.53 Å². The van der Waals surface area contributed by atoms with E-state index in [4.69, 9.17) is 4.74 Å². The Balaban J connectivity index is 2.32. The third-order valence-corrected chi connectivity index (χ3v) is 5.75. The third-order valence-electron chi connectivity index (χ3n) is 2.86. The number of carbonyl (C=O) groups excluding carboxylic acids is 1. The minimum Gasteiger partial charge on any atom is -0.464 e. The average molecular weight is 433 g/mol. The number of carbonyl (C=O) groups is 1. The lowest BCUT2D eigenvalue weighted by Crippen LogP contribution is -2.22. The molecule has 0 amide bonds. The van der Waals surface area contributed by atoms with Gasteiger partial charge in [0.15, 0.2) is 6.04 Å². The molecular formula is C15H15Br2NO2S. The molecule has 0 spiro atoms. The van der Waals surface area contributed by atoms with Crippen molar-refractivity contribution >= 4 is 54.9 Å². The molecule has 0 saturated carbocycles.